The van der Waals surface area contributed by atoms with E-state index >= 15 is 0 Å². The van der Waals surface area contributed by atoms with E-state index in [2.05, 4.69) is 15.0 Å². The summed E-state index contributed by atoms with van der Waals surface area (Å²) in [5.74, 6) is 0.701. The van der Waals surface area contributed by atoms with Gasteiger partial charge in [-0.3, -0.25) is 14.5 Å². The summed E-state index contributed by atoms with van der Waals surface area (Å²) in [6.45, 7) is 0. The van der Waals surface area contributed by atoms with E-state index in [1.807, 2.05) is 24.3 Å². The number of rotatable bonds is 2. The molecule has 6 heteroatoms. The normalized spacial score (nSPS) is 11.2. The molecule has 0 spiro atoms. The number of aromatic nitrogens is 4. The summed E-state index contributed by atoms with van der Waals surface area (Å²) in [5.41, 5.74) is 4.19. The molecule has 0 unspecified atom stereocenters. The molecule has 0 saturated carbocycles. The fraction of sp³-hybridized carbons (Fsp3) is 0.118. The Morgan fingerprint density at radius 1 is 1.13 bits per heavy atom. The fourth-order valence-electron chi connectivity index (χ4n) is 2.74. The van der Waals surface area contributed by atoms with Gasteiger partial charge in [-0.25, -0.2) is 4.79 Å². The summed E-state index contributed by atoms with van der Waals surface area (Å²) in [4.78, 5) is 23.4. The molecule has 0 bridgehead atoms. The molecule has 3 heterocycles. The van der Waals surface area contributed by atoms with E-state index in [1.54, 1.807) is 37.3 Å². The summed E-state index contributed by atoms with van der Waals surface area (Å²) >= 11 is 0. The minimum absolute atomic E-state index is 0.150. The van der Waals surface area contributed by atoms with Gasteiger partial charge in [-0.15, -0.1) is 0 Å². The van der Waals surface area contributed by atoms with Crippen molar-refractivity contribution in [2.24, 2.45) is 7.05 Å². The van der Waals surface area contributed by atoms with Crippen molar-refractivity contribution in [1.29, 1.82) is 0 Å². The number of nitrogens with one attached hydrogen (secondary N) is 1. The number of methoxy groups -OCH3 is 1. The summed E-state index contributed by atoms with van der Waals surface area (Å²) in [5, 5.41) is 0.903. The molecule has 23 heavy (non-hydrogen) atoms. The summed E-state index contributed by atoms with van der Waals surface area (Å²) in [6.07, 6.45) is 5.16. The third-order valence-corrected chi connectivity index (χ3v) is 4.03. The molecule has 0 radical (unpaired) electrons. The zero-order valence-corrected chi connectivity index (χ0v) is 12.7. The Morgan fingerprint density at radius 2 is 2.00 bits per heavy atom. The van der Waals surface area contributed by atoms with Crippen LogP contribution in [0.25, 0.3) is 33.1 Å². The lowest BCUT2D eigenvalue weighted by Crippen LogP contribution is -2.11. The van der Waals surface area contributed by atoms with Crippen LogP contribution >= 0.6 is 0 Å². The van der Waals surface area contributed by atoms with Crippen molar-refractivity contribution in [2.75, 3.05) is 7.11 Å². The Labute approximate surface area is 131 Å². The number of hydrogen-bond acceptors (Lipinski definition) is 4. The highest BCUT2D eigenvalue weighted by Gasteiger charge is 2.10. The summed E-state index contributed by atoms with van der Waals surface area (Å²) in [7, 11) is 3.34. The monoisotopic (exact) mass is 306 g/mol. The average molecular weight is 306 g/mol. The number of benzene rings is 1. The number of nitrogens with zero attached hydrogens (tertiary/aromatic N) is 3. The third-order valence-electron chi connectivity index (χ3n) is 4.03. The number of aryl methyl sites for hydroxylation is 1. The van der Waals surface area contributed by atoms with Gasteiger partial charge in [0.1, 0.15) is 5.75 Å². The highest BCUT2D eigenvalue weighted by molar-refractivity contribution is 6.03. The first kappa shape index (κ1) is 13.5. The van der Waals surface area contributed by atoms with Crippen LogP contribution in [0.4, 0.5) is 0 Å². The van der Waals surface area contributed by atoms with E-state index in [-0.39, 0.29) is 5.69 Å². The number of pyridine rings is 2. The second-order valence-corrected chi connectivity index (χ2v) is 5.35. The van der Waals surface area contributed by atoms with Crippen molar-refractivity contribution < 1.29 is 4.74 Å². The van der Waals surface area contributed by atoms with Crippen LogP contribution in [0.15, 0.2) is 47.7 Å². The van der Waals surface area contributed by atoms with Crippen LogP contribution in [0.3, 0.4) is 0 Å². The minimum atomic E-state index is -0.150. The van der Waals surface area contributed by atoms with E-state index in [0.717, 1.165) is 33.1 Å². The molecule has 1 aromatic carbocycles. The lowest BCUT2D eigenvalue weighted by Gasteiger charge is -2.06. The quantitative estimate of drug-likeness (QED) is 0.617. The van der Waals surface area contributed by atoms with Crippen molar-refractivity contribution in [3.63, 3.8) is 0 Å². The van der Waals surface area contributed by atoms with E-state index < -0.39 is 0 Å². The number of H-pyrrole nitrogens is 1. The number of imidazole rings is 1. The Balaban J connectivity index is 2.00. The van der Waals surface area contributed by atoms with Gasteiger partial charge >= 0.3 is 5.69 Å². The molecular weight excluding hydrogens is 292 g/mol. The lowest BCUT2D eigenvalue weighted by atomic mass is 10.0. The molecule has 0 aliphatic heterocycles. The van der Waals surface area contributed by atoms with Crippen LogP contribution < -0.4 is 10.4 Å². The maximum atomic E-state index is 11.9. The van der Waals surface area contributed by atoms with Gasteiger partial charge in [0.25, 0.3) is 0 Å². The van der Waals surface area contributed by atoms with Gasteiger partial charge in [-0.2, -0.15) is 0 Å². The van der Waals surface area contributed by atoms with E-state index in [4.69, 9.17) is 4.74 Å². The molecule has 0 aliphatic carbocycles. The number of ether oxygens (including phenoxy) is 1. The number of aromatic amines is 1. The molecule has 0 atom stereocenters. The smallest absolute Gasteiger partial charge is 0.326 e. The van der Waals surface area contributed by atoms with Gasteiger partial charge in [0, 0.05) is 24.2 Å². The summed E-state index contributed by atoms with van der Waals surface area (Å²) in [6, 6.07) is 7.86. The summed E-state index contributed by atoms with van der Waals surface area (Å²) < 4.78 is 6.78. The standard InChI is InChI=1S/C17H14N4O2/c1-21-15-9-19-14-4-3-10(6-13(14)16(15)20-17(21)22)11-5-12(23-2)8-18-7-11/h3-9H,1-2H3,(H,20,22). The van der Waals surface area contributed by atoms with Crippen LogP contribution in [0, 0.1) is 0 Å². The second kappa shape index (κ2) is 4.95. The minimum Gasteiger partial charge on any atom is -0.495 e. The molecule has 6 nitrogen and oxygen atoms in total. The van der Waals surface area contributed by atoms with Gasteiger partial charge in [0.05, 0.1) is 36.1 Å². The average Bonchev–Trinajstić information content (AvgIpc) is 2.89. The first-order valence-electron chi connectivity index (χ1n) is 7.14. The van der Waals surface area contributed by atoms with Gasteiger partial charge in [-0.1, -0.05) is 6.07 Å². The molecule has 4 rings (SSSR count). The Morgan fingerprint density at radius 3 is 2.83 bits per heavy atom. The SMILES string of the molecule is COc1cncc(-c2ccc3ncc4c([nH]c(=O)n4C)c3c2)c1. The Kier molecular flexibility index (Phi) is 2.90. The van der Waals surface area contributed by atoms with Crippen molar-refractivity contribution in [3.8, 4) is 16.9 Å². The molecule has 0 fully saturated rings. The van der Waals surface area contributed by atoms with Crippen LogP contribution in [-0.2, 0) is 7.05 Å². The largest absolute Gasteiger partial charge is 0.495 e. The maximum absolute atomic E-state index is 11.9. The Hall–Kier alpha value is -3.15. The van der Waals surface area contributed by atoms with Gasteiger partial charge < -0.3 is 9.72 Å². The van der Waals surface area contributed by atoms with Crippen LogP contribution in [0.5, 0.6) is 5.75 Å². The predicted molar refractivity (Wildman–Crippen MR) is 88.6 cm³/mol. The van der Waals surface area contributed by atoms with Gasteiger partial charge in [-0.05, 0) is 23.8 Å². The molecule has 4 aromatic rings. The first-order valence-corrected chi connectivity index (χ1v) is 7.14. The van der Waals surface area contributed by atoms with Gasteiger partial charge in [0.15, 0.2) is 0 Å². The zero-order valence-electron chi connectivity index (χ0n) is 12.7. The molecule has 0 aliphatic rings. The van der Waals surface area contributed by atoms with E-state index in [9.17, 15) is 4.79 Å². The first-order chi connectivity index (χ1) is 11.2. The molecule has 0 saturated heterocycles. The van der Waals surface area contributed by atoms with Crippen LogP contribution in [0.2, 0.25) is 0 Å². The number of hydrogen-bond donors (Lipinski definition) is 1. The predicted octanol–water partition coefficient (Wildman–Crippen LogP) is 2.49. The van der Waals surface area contributed by atoms with Crippen molar-refractivity contribution >= 4 is 21.9 Å². The molecule has 3 aromatic heterocycles. The fourth-order valence-corrected chi connectivity index (χ4v) is 2.74. The maximum Gasteiger partial charge on any atom is 0.326 e. The van der Waals surface area contributed by atoms with Crippen molar-refractivity contribution in [1.82, 2.24) is 19.5 Å². The third kappa shape index (κ3) is 2.07. The van der Waals surface area contributed by atoms with Gasteiger partial charge in [0.2, 0.25) is 0 Å². The highest BCUT2D eigenvalue weighted by Crippen LogP contribution is 2.28. The lowest BCUT2D eigenvalue weighted by molar-refractivity contribution is 0.413. The van der Waals surface area contributed by atoms with E-state index in [0.29, 0.717) is 5.75 Å². The molecule has 114 valence electrons. The van der Waals surface area contributed by atoms with Crippen LogP contribution in [-0.4, -0.2) is 26.6 Å². The van der Waals surface area contributed by atoms with Crippen molar-refractivity contribution in [3.05, 3.63) is 53.3 Å². The molecule has 1 N–H and O–H groups in total. The topological polar surface area (TPSA) is 72.8 Å². The molecular formula is C17H14N4O2. The van der Waals surface area contributed by atoms with E-state index in [1.165, 1.54) is 0 Å². The zero-order chi connectivity index (χ0) is 16.0. The Bertz CT molecular complexity index is 1090. The molecule has 0 amide bonds. The second-order valence-electron chi connectivity index (χ2n) is 5.35. The number of fused-ring (bicyclic) bond motifs is 3. The van der Waals surface area contributed by atoms with Crippen molar-refractivity contribution in [2.45, 2.75) is 0 Å². The van der Waals surface area contributed by atoms with Crippen LogP contribution in [0.1, 0.15) is 0 Å². The highest BCUT2D eigenvalue weighted by atomic mass is 16.5.